The van der Waals surface area contributed by atoms with Crippen LogP contribution in [0.3, 0.4) is 0 Å². The molecule has 7 heteroatoms. The zero-order chi connectivity index (χ0) is 24.6. The number of ketones is 1. The summed E-state index contributed by atoms with van der Waals surface area (Å²) in [6.45, 7) is 6.51. The Balaban J connectivity index is 1.86. The number of ether oxygens (including phenoxy) is 1. The second-order valence-corrected chi connectivity index (χ2v) is 13.9. The monoisotopic (exact) mass is 477 g/mol. The van der Waals surface area contributed by atoms with E-state index in [0.29, 0.717) is 5.76 Å². The van der Waals surface area contributed by atoms with Gasteiger partial charge in [0.25, 0.3) is 14.2 Å². The number of methoxy groups -OCH3 is 1. The normalized spacial score (nSPS) is 22.9. The highest BCUT2D eigenvalue weighted by Gasteiger charge is 2.60. The molecule has 2 aliphatic rings. The van der Waals surface area contributed by atoms with Crippen LogP contribution in [-0.4, -0.2) is 50.9 Å². The molecule has 1 fully saturated rings. The van der Waals surface area contributed by atoms with Crippen LogP contribution in [0.25, 0.3) is 0 Å². The molecule has 2 aromatic carbocycles. The number of nitrogens with zero attached hydrogens (tertiary/aromatic N) is 1. The number of rotatable bonds is 6. The molecular formula is C27H31NO5Si. The van der Waals surface area contributed by atoms with Crippen molar-refractivity contribution in [3.8, 4) is 0 Å². The highest BCUT2D eigenvalue weighted by molar-refractivity contribution is 6.99. The molecule has 2 aromatic rings. The van der Waals surface area contributed by atoms with E-state index in [4.69, 9.17) is 14.0 Å². The van der Waals surface area contributed by atoms with E-state index in [1.807, 2.05) is 36.4 Å². The van der Waals surface area contributed by atoms with Crippen LogP contribution in [-0.2, 0) is 23.6 Å². The van der Waals surface area contributed by atoms with E-state index in [-0.39, 0.29) is 23.1 Å². The van der Waals surface area contributed by atoms with Gasteiger partial charge in [-0.25, -0.2) is 5.06 Å². The molecule has 0 N–H and O–H groups in total. The SMILES string of the molecule is COC1=CC(=O)C=C[C@]12C[C@H](O[Si](c1ccccc1)(c1ccccc1)C(C)(C)C)C(=O)N2OC. The summed E-state index contributed by atoms with van der Waals surface area (Å²) in [5.41, 5.74) is -1.04. The Morgan fingerprint density at radius 2 is 1.50 bits per heavy atom. The minimum atomic E-state index is -2.98. The predicted molar refractivity (Wildman–Crippen MR) is 133 cm³/mol. The van der Waals surface area contributed by atoms with Crippen molar-refractivity contribution in [1.29, 1.82) is 0 Å². The van der Waals surface area contributed by atoms with Crippen LogP contribution in [0.1, 0.15) is 27.2 Å². The van der Waals surface area contributed by atoms with Gasteiger partial charge in [0.2, 0.25) is 0 Å². The lowest BCUT2D eigenvalue weighted by Crippen LogP contribution is -2.68. The van der Waals surface area contributed by atoms with E-state index in [1.54, 1.807) is 6.08 Å². The van der Waals surface area contributed by atoms with Crippen LogP contribution in [0.15, 0.2) is 84.7 Å². The number of hydrogen-bond donors (Lipinski definition) is 0. The number of hydroxylamine groups is 2. The average Bonchev–Trinajstić information content (AvgIpc) is 3.10. The average molecular weight is 478 g/mol. The van der Waals surface area contributed by atoms with E-state index >= 15 is 0 Å². The third kappa shape index (κ3) is 3.74. The van der Waals surface area contributed by atoms with Gasteiger partial charge >= 0.3 is 0 Å². The summed E-state index contributed by atoms with van der Waals surface area (Å²) in [4.78, 5) is 31.3. The number of hydrogen-bond acceptors (Lipinski definition) is 5. The quantitative estimate of drug-likeness (QED) is 0.598. The Hall–Kier alpha value is -3.00. The van der Waals surface area contributed by atoms with E-state index in [0.717, 1.165) is 10.4 Å². The van der Waals surface area contributed by atoms with Gasteiger partial charge in [-0.05, 0) is 27.6 Å². The molecule has 1 aliphatic heterocycles. The molecule has 1 spiro atoms. The Labute approximate surface area is 201 Å². The topological polar surface area (TPSA) is 65.1 Å². The third-order valence-corrected chi connectivity index (χ3v) is 11.7. The fourth-order valence-electron chi connectivity index (χ4n) is 5.21. The fourth-order valence-corrected chi connectivity index (χ4v) is 9.83. The van der Waals surface area contributed by atoms with Gasteiger partial charge in [0, 0.05) is 12.5 Å². The van der Waals surface area contributed by atoms with Crippen molar-refractivity contribution in [2.75, 3.05) is 14.2 Å². The van der Waals surface area contributed by atoms with Gasteiger partial charge < -0.3 is 9.16 Å². The smallest absolute Gasteiger partial charge is 0.275 e. The summed E-state index contributed by atoms with van der Waals surface area (Å²) in [5.74, 6) is -0.122. The van der Waals surface area contributed by atoms with Crippen molar-refractivity contribution in [1.82, 2.24) is 5.06 Å². The summed E-state index contributed by atoms with van der Waals surface area (Å²) in [5, 5.41) is 3.17. The molecule has 1 saturated heterocycles. The summed E-state index contributed by atoms with van der Waals surface area (Å²) in [6.07, 6.45) is 4.03. The van der Waals surface area contributed by atoms with Gasteiger partial charge in [-0.3, -0.25) is 14.4 Å². The maximum atomic E-state index is 13.7. The lowest BCUT2D eigenvalue weighted by atomic mass is 9.89. The molecular weight excluding hydrogens is 446 g/mol. The van der Waals surface area contributed by atoms with Crippen LogP contribution < -0.4 is 10.4 Å². The molecule has 34 heavy (non-hydrogen) atoms. The third-order valence-electron chi connectivity index (χ3n) is 6.70. The molecule has 6 nitrogen and oxygen atoms in total. The van der Waals surface area contributed by atoms with Gasteiger partial charge in [0.1, 0.15) is 17.4 Å². The standard InChI is InChI=1S/C27H31NO5Si/c1-26(2,3)34(21-12-8-6-9-13-21,22-14-10-7-11-15-22)33-23-19-27(28(32-5)25(23)30)17-16-20(29)18-24(27)31-4/h6-18,23H,19H2,1-5H3/t23-,27-/m0/s1. The Morgan fingerprint density at radius 1 is 0.941 bits per heavy atom. The number of amides is 1. The minimum absolute atomic E-state index is 0.192. The van der Waals surface area contributed by atoms with Gasteiger partial charge in [-0.2, -0.15) is 0 Å². The highest BCUT2D eigenvalue weighted by Crippen LogP contribution is 2.45. The van der Waals surface area contributed by atoms with Gasteiger partial charge in [0.15, 0.2) is 5.78 Å². The van der Waals surface area contributed by atoms with E-state index < -0.39 is 20.0 Å². The van der Waals surface area contributed by atoms with Crippen LogP contribution in [0.5, 0.6) is 0 Å². The number of carbonyl (C=O) groups is 2. The van der Waals surface area contributed by atoms with Crippen molar-refractivity contribution >= 4 is 30.4 Å². The second-order valence-electron chi connectivity index (χ2n) is 9.66. The zero-order valence-corrected chi connectivity index (χ0v) is 21.3. The second kappa shape index (κ2) is 8.98. The Morgan fingerprint density at radius 3 is 1.97 bits per heavy atom. The first-order valence-electron chi connectivity index (χ1n) is 11.4. The van der Waals surface area contributed by atoms with Crippen molar-refractivity contribution < 1.29 is 23.6 Å². The van der Waals surface area contributed by atoms with E-state index in [2.05, 4.69) is 45.0 Å². The number of allylic oxidation sites excluding steroid dienone is 2. The number of carbonyl (C=O) groups excluding carboxylic acids is 2. The van der Waals surface area contributed by atoms with Crippen molar-refractivity contribution in [2.45, 2.75) is 43.9 Å². The Bertz CT molecular complexity index is 1080. The van der Waals surface area contributed by atoms with Gasteiger partial charge in [-0.15, -0.1) is 0 Å². The lowest BCUT2D eigenvalue weighted by Gasteiger charge is -2.44. The van der Waals surface area contributed by atoms with Crippen LogP contribution in [0, 0.1) is 0 Å². The summed E-state index contributed by atoms with van der Waals surface area (Å²) in [6, 6.07) is 20.4. The van der Waals surface area contributed by atoms with Crippen LogP contribution in [0.4, 0.5) is 0 Å². The van der Waals surface area contributed by atoms with Gasteiger partial charge in [-0.1, -0.05) is 81.4 Å². The van der Waals surface area contributed by atoms with Crippen molar-refractivity contribution in [2.24, 2.45) is 0 Å². The maximum absolute atomic E-state index is 13.7. The molecule has 1 heterocycles. The van der Waals surface area contributed by atoms with Crippen LogP contribution in [0.2, 0.25) is 5.04 Å². The first-order valence-corrected chi connectivity index (χ1v) is 13.3. The van der Waals surface area contributed by atoms with E-state index in [1.165, 1.54) is 31.4 Å². The Kier molecular flexibility index (Phi) is 6.37. The zero-order valence-electron chi connectivity index (χ0n) is 20.3. The summed E-state index contributed by atoms with van der Waals surface area (Å²) >= 11 is 0. The lowest BCUT2D eigenvalue weighted by molar-refractivity contribution is -0.189. The number of benzene rings is 2. The molecule has 0 unspecified atom stereocenters. The van der Waals surface area contributed by atoms with Crippen LogP contribution >= 0.6 is 0 Å². The minimum Gasteiger partial charge on any atom is -0.498 e. The molecule has 4 rings (SSSR count). The molecule has 2 atom stereocenters. The molecule has 1 aliphatic carbocycles. The summed E-state index contributed by atoms with van der Waals surface area (Å²) < 4.78 is 12.7. The molecule has 0 radical (unpaired) electrons. The molecule has 178 valence electrons. The molecule has 0 aromatic heterocycles. The van der Waals surface area contributed by atoms with Crippen molar-refractivity contribution in [3.05, 3.63) is 84.7 Å². The van der Waals surface area contributed by atoms with E-state index in [9.17, 15) is 9.59 Å². The molecule has 0 bridgehead atoms. The predicted octanol–water partition coefficient (Wildman–Crippen LogP) is 3.13. The maximum Gasteiger partial charge on any atom is 0.275 e. The molecule has 0 saturated carbocycles. The first-order chi connectivity index (χ1) is 16.2. The first kappa shape index (κ1) is 24.1. The molecule has 1 amide bonds. The fraction of sp³-hybridized carbons (Fsp3) is 0.333. The highest BCUT2D eigenvalue weighted by atomic mass is 28.4. The summed E-state index contributed by atoms with van der Waals surface area (Å²) in [7, 11) is -0.0373. The van der Waals surface area contributed by atoms with Crippen molar-refractivity contribution in [3.63, 3.8) is 0 Å². The van der Waals surface area contributed by atoms with Gasteiger partial charge in [0.05, 0.1) is 14.2 Å². The largest absolute Gasteiger partial charge is 0.498 e.